The number of carboxylic acids is 1. The van der Waals surface area contributed by atoms with Gasteiger partial charge >= 0.3 is 5.97 Å². The van der Waals surface area contributed by atoms with E-state index >= 15 is 0 Å². The molecule has 1 N–H and O–H groups in total. The summed E-state index contributed by atoms with van der Waals surface area (Å²) in [5, 5.41) is 19.5. The molecule has 210 valence electrons. The van der Waals surface area contributed by atoms with Crippen molar-refractivity contribution in [1.29, 1.82) is 5.26 Å². The zero-order chi connectivity index (χ0) is 28.3. The van der Waals surface area contributed by atoms with Crippen molar-refractivity contribution < 1.29 is 23.8 Å². The van der Waals surface area contributed by atoms with Crippen LogP contribution < -0.4 is 4.74 Å². The molecular formula is C31H30FN5O4. The summed E-state index contributed by atoms with van der Waals surface area (Å²) in [7, 11) is 0. The van der Waals surface area contributed by atoms with Crippen LogP contribution in [0.2, 0.25) is 0 Å². The maximum atomic E-state index is 14.2. The smallest absolute Gasteiger partial charge is 0.335 e. The molecule has 6 rings (SSSR count). The van der Waals surface area contributed by atoms with E-state index in [9.17, 15) is 14.3 Å². The van der Waals surface area contributed by atoms with Gasteiger partial charge in [0, 0.05) is 54.7 Å². The summed E-state index contributed by atoms with van der Waals surface area (Å²) < 4.78 is 27.9. The Kier molecular flexibility index (Phi) is 7.63. The molecule has 10 heteroatoms. The van der Waals surface area contributed by atoms with Crippen molar-refractivity contribution in [2.75, 3.05) is 19.7 Å². The molecule has 4 aromatic rings. The van der Waals surface area contributed by atoms with E-state index in [0.29, 0.717) is 18.0 Å². The number of likely N-dealkylation sites (tertiary alicyclic amines) is 1. The lowest BCUT2D eigenvalue weighted by molar-refractivity contribution is -0.0591. The molecule has 2 aliphatic heterocycles. The van der Waals surface area contributed by atoms with Crippen LogP contribution in [0.15, 0.2) is 54.7 Å². The van der Waals surface area contributed by atoms with Crippen molar-refractivity contribution in [1.82, 2.24) is 19.4 Å². The molecular weight excluding hydrogens is 525 g/mol. The fraction of sp³-hybridized carbons (Fsp3) is 0.355. The molecule has 2 aromatic carbocycles. The second-order valence-electron chi connectivity index (χ2n) is 10.6. The molecule has 1 atom stereocenters. The molecule has 0 saturated carbocycles. The van der Waals surface area contributed by atoms with E-state index in [4.69, 9.17) is 14.7 Å². The van der Waals surface area contributed by atoms with E-state index < -0.39 is 11.8 Å². The number of hydrogen-bond donors (Lipinski definition) is 1. The summed E-state index contributed by atoms with van der Waals surface area (Å²) in [4.78, 5) is 23.1. The third-order valence-electron chi connectivity index (χ3n) is 7.96. The van der Waals surface area contributed by atoms with Crippen LogP contribution in [-0.2, 0) is 24.4 Å². The van der Waals surface area contributed by atoms with E-state index in [1.807, 2.05) is 12.1 Å². The first-order valence-electron chi connectivity index (χ1n) is 13.8. The van der Waals surface area contributed by atoms with Gasteiger partial charge in [0.25, 0.3) is 0 Å². The van der Waals surface area contributed by atoms with E-state index in [2.05, 4.69) is 25.5 Å². The van der Waals surface area contributed by atoms with Crippen molar-refractivity contribution in [2.24, 2.45) is 0 Å². The lowest BCUT2D eigenvalue weighted by atomic mass is 9.96. The van der Waals surface area contributed by atoms with E-state index in [0.717, 1.165) is 67.9 Å². The predicted octanol–water partition coefficient (Wildman–Crippen LogP) is 4.89. The van der Waals surface area contributed by atoms with E-state index in [1.54, 1.807) is 36.5 Å². The zero-order valence-electron chi connectivity index (χ0n) is 22.5. The Bertz CT molecular complexity index is 1620. The van der Waals surface area contributed by atoms with Gasteiger partial charge in [-0.3, -0.25) is 4.90 Å². The van der Waals surface area contributed by atoms with Gasteiger partial charge < -0.3 is 19.1 Å². The Balaban J connectivity index is 1.10. The second kappa shape index (κ2) is 11.6. The van der Waals surface area contributed by atoms with Gasteiger partial charge in [0.1, 0.15) is 18.2 Å². The average molecular weight is 556 g/mol. The molecule has 0 amide bonds. The van der Waals surface area contributed by atoms with Gasteiger partial charge in [0.15, 0.2) is 0 Å². The molecule has 0 spiro atoms. The molecule has 0 unspecified atom stereocenters. The van der Waals surface area contributed by atoms with E-state index in [1.165, 1.54) is 6.07 Å². The number of aromatic nitrogens is 3. The SMILES string of the molecule is N#Cc1ccc(COc2ccnc(C3CCN(Cc4cc5ccc(C(=O)O)cc5n4C[C@@H]4CCO4)CC3)n2)c(F)c1. The number of nitrogens with zero attached hydrogens (tertiary/aromatic N) is 5. The first kappa shape index (κ1) is 26.9. The number of hydrogen-bond acceptors (Lipinski definition) is 7. The molecule has 0 radical (unpaired) electrons. The number of carboxylic acid groups (broad SMARTS) is 1. The highest BCUT2D eigenvalue weighted by Gasteiger charge is 2.26. The highest BCUT2D eigenvalue weighted by Crippen LogP contribution is 2.30. The number of carbonyl (C=O) groups is 1. The van der Waals surface area contributed by atoms with Gasteiger partial charge in [-0.2, -0.15) is 10.2 Å². The Morgan fingerprint density at radius 3 is 2.68 bits per heavy atom. The Labute approximate surface area is 236 Å². The van der Waals surface area contributed by atoms with Gasteiger partial charge in [-0.15, -0.1) is 0 Å². The van der Waals surface area contributed by atoms with Crippen LogP contribution in [0.5, 0.6) is 5.88 Å². The summed E-state index contributed by atoms with van der Waals surface area (Å²) in [5.74, 6) is -0.105. The van der Waals surface area contributed by atoms with Gasteiger partial charge in [-0.1, -0.05) is 12.1 Å². The normalized spacial score (nSPS) is 17.7. The van der Waals surface area contributed by atoms with Crippen molar-refractivity contribution >= 4 is 16.9 Å². The van der Waals surface area contributed by atoms with Crippen molar-refractivity contribution in [3.63, 3.8) is 0 Å². The summed E-state index contributed by atoms with van der Waals surface area (Å²) in [6, 6.07) is 15.4. The molecule has 2 aromatic heterocycles. The van der Waals surface area contributed by atoms with Crippen LogP contribution in [0.3, 0.4) is 0 Å². The minimum absolute atomic E-state index is 0.0142. The van der Waals surface area contributed by atoms with Crippen molar-refractivity contribution in [3.05, 3.63) is 88.8 Å². The number of halogens is 1. The van der Waals surface area contributed by atoms with Crippen LogP contribution in [0.25, 0.3) is 10.9 Å². The Hall–Kier alpha value is -4.33. The largest absolute Gasteiger partial charge is 0.478 e. The first-order chi connectivity index (χ1) is 20.0. The number of ether oxygens (including phenoxy) is 2. The number of rotatable bonds is 9. The zero-order valence-corrected chi connectivity index (χ0v) is 22.5. The summed E-state index contributed by atoms with van der Waals surface area (Å²) in [5.41, 5.74) is 2.99. The molecule has 0 aliphatic carbocycles. The monoisotopic (exact) mass is 555 g/mol. The molecule has 41 heavy (non-hydrogen) atoms. The molecule has 9 nitrogen and oxygen atoms in total. The molecule has 2 aliphatic rings. The molecule has 2 saturated heterocycles. The lowest BCUT2D eigenvalue weighted by Crippen LogP contribution is -2.35. The summed E-state index contributed by atoms with van der Waals surface area (Å²) in [6.45, 7) is 4.00. The molecule has 2 fully saturated rings. The van der Waals surface area contributed by atoms with Gasteiger partial charge in [0.05, 0.1) is 23.3 Å². The second-order valence-corrected chi connectivity index (χ2v) is 10.6. The summed E-state index contributed by atoms with van der Waals surface area (Å²) in [6.07, 6.45) is 4.62. The number of nitriles is 1. The van der Waals surface area contributed by atoms with E-state index in [-0.39, 0.29) is 29.8 Å². The summed E-state index contributed by atoms with van der Waals surface area (Å²) >= 11 is 0. The quantitative estimate of drug-likeness (QED) is 0.311. The highest BCUT2D eigenvalue weighted by molar-refractivity contribution is 5.93. The molecule has 4 heterocycles. The standard InChI is InChI=1S/C31H30FN5O4/c32-27-13-20(16-33)1-2-24(27)19-41-29-5-9-34-30(35-29)21-6-10-36(11-7-21)17-25-14-22-3-4-23(31(38)39)15-28(22)37(25)18-26-8-12-40-26/h1-5,9,13-15,21,26H,6-8,10-12,17-19H2,(H,38,39)/t26-/m0/s1. The Morgan fingerprint density at radius 1 is 1.15 bits per heavy atom. The van der Waals surface area contributed by atoms with Crippen molar-refractivity contribution in [3.8, 4) is 11.9 Å². The molecule has 0 bridgehead atoms. The maximum absolute atomic E-state index is 14.2. The first-order valence-corrected chi connectivity index (χ1v) is 13.8. The maximum Gasteiger partial charge on any atom is 0.335 e. The average Bonchev–Trinajstić information content (AvgIpc) is 3.30. The fourth-order valence-corrected chi connectivity index (χ4v) is 5.52. The topological polar surface area (TPSA) is 114 Å². The fourth-order valence-electron chi connectivity index (χ4n) is 5.52. The number of piperidine rings is 1. The predicted molar refractivity (Wildman–Crippen MR) is 148 cm³/mol. The number of fused-ring (bicyclic) bond motifs is 1. The van der Waals surface area contributed by atoms with Gasteiger partial charge in [0.2, 0.25) is 5.88 Å². The third-order valence-corrected chi connectivity index (χ3v) is 7.96. The van der Waals surface area contributed by atoms with Crippen LogP contribution >= 0.6 is 0 Å². The minimum atomic E-state index is -0.929. The Morgan fingerprint density at radius 2 is 1.98 bits per heavy atom. The minimum Gasteiger partial charge on any atom is -0.478 e. The number of aromatic carboxylic acids is 1. The van der Waals surface area contributed by atoms with Crippen LogP contribution in [0.4, 0.5) is 4.39 Å². The van der Waals surface area contributed by atoms with Gasteiger partial charge in [-0.05, 0) is 68.1 Å². The lowest BCUT2D eigenvalue weighted by Gasteiger charge is -2.32. The third kappa shape index (κ3) is 5.92. The van der Waals surface area contributed by atoms with Crippen molar-refractivity contribution in [2.45, 2.75) is 51.0 Å². The van der Waals surface area contributed by atoms with Crippen LogP contribution in [-0.4, -0.2) is 56.3 Å². The van der Waals surface area contributed by atoms with Gasteiger partial charge in [-0.25, -0.2) is 14.2 Å². The van der Waals surface area contributed by atoms with Crippen LogP contribution in [0, 0.1) is 17.1 Å². The van der Waals surface area contributed by atoms with Crippen LogP contribution in [0.1, 0.15) is 58.2 Å². The number of benzene rings is 2. The highest BCUT2D eigenvalue weighted by atomic mass is 19.1.